The number of piperazine rings is 1. The second kappa shape index (κ2) is 10.4. The van der Waals surface area contributed by atoms with Crippen molar-refractivity contribution in [3.05, 3.63) is 83.9 Å². The molecule has 4 nitrogen and oxygen atoms in total. The summed E-state index contributed by atoms with van der Waals surface area (Å²) in [5, 5.41) is 0. The van der Waals surface area contributed by atoms with E-state index in [2.05, 4.69) is 16.4 Å². The van der Waals surface area contributed by atoms with Crippen molar-refractivity contribution in [2.75, 3.05) is 39.3 Å². The molecule has 1 unspecified atom stereocenters. The summed E-state index contributed by atoms with van der Waals surface area (Å²) in [6.07, 6.45) is 4.99. The van der Waals surface area contributed by atoms with Crippen LogP contribution in [0.4, 0.5) is 8.78 Å². The molecule has 0 N–H and O–H groups in total. The summed E-state index contributed by atoms with van der Waals surface area (Å²) < 4.78 is 27.1. The molecule has 4 rings (SSSR count). The number of rotatable bonds is 6. The van der Waals surface area contributed by atoms with E-state index in [1.54, 1.807) is 24.3 Å². The van der Waals surface area contributed by atoms with Crippen LogP contribution in [-0.2, 0) is 4.79 Å². The molecule has 2 aromatic carbocycles. The van der Waals surface area contributed by atoms with Crippen molar-refractivity contribution < 1.29 is 13.6 Å². The Balaban J connectivity index is 1.48. The Hall–Kier alpha value is -2.57. The van der Waals surface area contributed by atoms with Crippen molar-refractivity contribution in [2.45, 2.75) is 31.3 Å². The number of carbonyl (C=O) groups is 1. The van der Waals surface area contributed by atoms with E-state index in [4.69, 9.17) is 0 Å². The maximum atomic E-state index is 13.5. The smallest absolute Gasteiger partial charge is 0.240 e. The van der Waals surface area contributed by atoms with Crippen LogP contribution in [0.3, 0.4) is 0 Å². The Bertz CT molecular complexity index is 862. The van der Waals surface area contributed by atoms with E-state index >= 15 is 0 Å². The highest BCUT2D eigenvalue weighted by Crippen LogP contribution is 2.30. The Kier molecular flexibility index (Phi) is 7.33. The third kappa shape index (κ3) is 5.08. The van der Waals surface area contributed by atoms with Crippen LogP contribution in [0.25, 0.3) is 0 Å². The van der Waals surface area contributed by atoms with Gasteiger partial charge < -0.3 is 4.90 Å². The molecule has 1 atom stereocenters. The molecule has 0 spiro atoms. The summed E-state index contributed by atoms with van der Waals surface area (Å²) in [6, 6.07) is 12.8. The molecule has 0 aromatic heterocycles. The van der Waals surface area contributed by atoms with Gasteiger partial charge in [-0.1, -0.05) is 36.8 Å². The molecule has 0 radical (unpaired) electrons. The number of hydrogen-bond acceptors (Lipinski definition) is 3. The molecule has 0 aliphatic carbocycles. The van der Waals surface area contributed by atoms with Crippen molar-refractivity contribution >= 4 is 5.91 Å². The van der Waals surface area contributed by atoms with Crippen molar-refractivity contribution in [3.63, 3.8) is 0 Å². The fourth-order valence-corrected chi connectivity index (χ4v) is 4.97. The molecule has 0 bridgehead atoms. The number of carbonyl (C=O) groups excluding carboxylic acids is 1. The van der Waals surface area contributed by atoms with Gasteiger partial charge in [0.05, 0.1) is 12.1 Å². The molecule has 2 aromatic rings. The first-order valence-corrected chi connectivity index (χ1v) is 11.5. The number of piperidine rings is 1. The topological polar surface area (TPSA) is 26.8 Å². The fraction of sp³-hybridized carbons (Fsp3) is 0.423. The van der Waals surface area contributed by atoms with Gasteiger partial charge in [0.2, 0.25) is 5.91 Å². The molecule has 0 saturated carbocycles. The molecule has 6 heteroatoms. The largest absolute Gasteiger partial charge is 0.339 e. The van der Waals surface area contributed by atoms with Crippen LogP contribution in [-0.4, -0.2) is 65.9 Å². The van der Waals surface area contributed by atoms with E-state index in [1.165, 1.54) is 24.3 Å². The normalized spacial score (nSPS) is 20.5. The molecule has 2 heterocycles. The van der Waals surface area contributed by atoms with E-state index in [0.29, 0.717) is 26.2 Å². The minimum Gasteiger partial charge on any atom is -0.339 e. The van der Waals surface area contributed by atoms with Gasteiger partial charge in [-0.2, -0.15) is 0 Å². The number of nitrogens with zero attached hydrogens (tertiary/aromatic N) is 3. The SMILES string of the molecule is C=CCN1CCCCC1C(=O)N1CCN(C(c2ccc(F)cc2)c2ccc(F)cc2)CC1. The minimum absolute atomic E-state index is 0.0571. The predicted molar refractivity (Wildman–Crippen MR) is 122 cm³/mol. The van der Waals surface area contributed by atoms with Gasteiger partial charge in [0, 0.05) is 32.7 Å². The predicted octanol–water partition coefficient (Wildman–Crippen LogP) is 4.24. The second-order valence-electron chi connectivity index (χ2n) is 8.66. The molecule has 170 valence electrons. The molecule has 1 amide bonds. The summed E-state index contributed by atoms with van der Waals surface area (Å²) in [7, 11) is 0. The van der Waals surface area contributed by atoms with Gasteiger partial charge in [-0.05, 0) is 54.8 Å². The van der Waals surface area contributed by atoms with E-state index in [-0.39, 0.29) is 29.6 Å². The average molecular weight is 440 g/mol. The minimum atomic E-state index is -0.279. The summed E-state index contributed by atoms with van der Waals surface area (Å²) in [6.45, 7) is 8.24. The van der Waals surface area contributed by atoms with Gasteiger partial charge in [0.1, 0.15) is 11.6 Å². The molecule has 2 fully saturated rings. The quantitative estimate of drug-likeness (QED) is 0.630. The lowest BCUT2D eigenvalue weighted by molar-refractivity contribution is -0.140. The highest BCUT2D eigenvalue weighted by molar-refractivity contribution is 5.82. The van der Waals surface area contributed by atoms with Gasteiger partial charge in [-0.25, -0.2) is 8.78 Å². The Labute approximate surface area is 189 Å². The van der Waals surface area contributed by atoms with Gasteiger partial charge in [-0.3, -0.25) is 14.6 Å². The Morgan fingerprint density at radius 2 is 1.47 bits per heavy atom. The van der Waals surface area contributed by atoms with Crippen LogP contribution < -0.4 is 0 Å². The second-order valence-corrected chi connectivity index (χ2v) is 8.66. The maximum Gasteiger partial charge on any atom is 0.240 e. The van der Waals surface area contributed by atoms with Crippen molar-refractivity contribution in [1.82, 2.24) is 14.7 Å². The van der Waals surface area contributed by atoms with Gasteiger partial charge in [0.25, 0.3) is 0 Å². The third-order valence-corrected chi connectivity index (χ3v) is 6.62. The highest BCUT2D eigenvalue weighted by atomic mass is 19.1. The number of hydrogen-bond donors (Lipinski definition) is 0. The van der Waals surface area contributed by atoms with Gasteiger partial charge in [0.15, 0.2) is 0 Å². The lowest BCUT2D eigenvalue weighted by atomic mass is 9.96. The van der Waals surface area contributed by atoms with Crippen LogP contribution in [0.5, 0.6) is 0 Å². The lowest BCUT2D eigenvalue weighted by Crippen LogP contribution is -2.56. The van der Waals surface area contributed by atoms with Crippen LogP contribution >= 0.6 is 0 Å². The summed E-state index contributed by atoms with van der Waals surface area (Å²) in [5.74, 6) is -0.344. The molecule has 2 aliphatic rings. The Morgan fingerprint density at radius 1 is 0.906 bits per heavy atom. The highest BCUT2D eigenvalue weighted by Gasteiger charge is 2.34. The number of halogens is 2. The molecular weight excluding hydrogens is 408 g/mol. The average Bonchev–Trinajstić information content (AvgIpc) is 2.82. The van der Waals surface area contributed by atoms with Crippen molar-refractivity contribution in [3.8, 4) is 0 Å². The van der Waals surface area contributed by atoms with Gasteiger partial charge in [-0.15, -0.1) is 6.58 Å². The monoisotopic (exact) mass is 439 g/mol. The summed E-state index contributed by atoms with van der Waals surface area (Å²) >= 11 is 0. The van der Waals surface area contributed by atoms with Crippen molar-refractivity contribution in [1.29, 1.82) is 0 Å². The van der Waals surface area contributed by atoms with E-state index in [9.17, 15) is 13.6 Å². The number of amides is 1. The van der Waals surface area contributed by atoms with Crippen molar-refractivity contribution in [2.24, 2.45) is 0 Å². The Morgan fingerprint density at radius 3 is 2.00 bits per heavy atom. The summed E-state index contributed by atoms with van der Waals surface area (Å²) in [5.41, 5.74) is 1.92. The van der Waals surface area contributed by atoms with Crippen LogP contribution in [0.2, 0.25) is 0 Å². The molecule has 2 aliphatic heterocycles. The third-order valence-electron chi connectivity index (χ3n) is 6.62. The first kappa shape index (κ1) is 22.6. The van der Waals surface area contributed by atoms with Crippen LogP contribution in [0.1, 0.15) is 36.4 Å². The first-order valence-electron chi connectivity index (χ1n) is 11.5. The molecule has 2 saturated heterocycles. The van der Waals surface area contributed by atoms with Crippen LogP contribution in [0.15, 0.2) is 61.2 Å². The van der Waals surface area contributed by atoms with E-state index < -0.39 is 0 Å². The zero-order chi connectivity index (χ0) is 22.5. The maximum absolute atomic E-state index is 13.5. The van der Waals surface area contributed by atoms with Crippen LogP contribution in [0, 0.1) is 11.6 Å². The molecular formula is C26H31F2N3O. The van der Waals surface area contributed by atoms with E-state index in [1.807, 2.05) is 11.0 Å². The number of likely N-dealkylation sites (tertiary alicyclic amines) is 1. The number of benzene rings is 2. The zero-order valence-electron chi connectivity index (χ0n) is 18.4. The lowest BCUT2D eigenvalue weighted by Gasteiger charge is -2.42. The fourth-order valence-electron chi connectivity index (χ4n) is 4.97. The summed E-state index contributed by atoms with van der Waals surface area (Å²) in [4.78, 5) is 19.8. The standard InChI is InChI=1S/C26H31F2N3O/c1-2-14-29-15-4-3-5-24(29)26(32)31-18-16-30(17-19-31)25(20-6-10-22(27)11-7-20)21-8-12-23(28)13-9-21/h2,6-13,24-25H,1,3-5,14-19H2. The first-order chi connectivity index (χ1) is 15.6. The van der Waals surface area contributed by atoms with E-state index in [0.717, 1.165) is 43.5 Å². The zero-order valence-corrected chi connectivity index (χ0v) is 18.4. The van der Waals surface area contributed by atoms with Gasteiger partial charge >= 0.3 is 0 Å². The molecule has 32 heavy (non-hydrogen) atoms.